The van der Waals surface area contributed by atoms with Gasteiger partial charge in [-0.15, -0.1) is 0 Å². The Morgan fingerprint density at radius 3 is 1.89 bits per heavy atom. The topological polar surface area (TPSA) is 108 Å². The lowest BCUT2D eigenvalue weighted by atomic mass is 10.1. The van der Waals surface area contributed by atoms with Crippen molar-refractivity contribution in [3.05, 3.63) is 114 Å². The number of aliphatic hydroxyl groups is 1. The molecule has 1 fully saturated rings. The molecule has 6 rings (SSSR count). The zero-order valence-corrected chi connectivity index (χ0v) is 24.5. The molecule has 224 valence electrons. The second-order valence-electron chi connectivity index (χ2n) is 10.8. The normalized spacial score (nSPS) is 13.5. The summed E-state index contributed by atoms with van der Waals surface area (Å²) in [6, 6.07) is 30.0. The van der Waals surface area contributed by atoms with E-state index in [0.717, 1.165) is 53.9 Å². The van der Waals surface area contributed by atoms with Crippen molar-refractivity contribution < 1.29 is 19.5 Å². The molecule has 0 aliphatic carbocycles. The number of benzene rings is 4. The summed E-state index contributed by atoms with van der Waals surface area (Å²) in [5.74, 6) is -0.375. The molecule has 1 aliphatic rings. The van der Waals surface area contributed by atoms with Crippen molar-refractivity contribution in [2.75, 3.05) is 40.5 Å². The van der Waals surface area contributed by atoms with Gasteiger partial charge in [-0.2, -0.15) is 4.73 Å². The molecule has 1 saturated heterocycles. The highest BCUT2D eigenvalue weighted by molar-refractivity contribution is 6.06. The van der Waals surface area contributed by atoms with Crippen LogP contribution in [0.2, 0.25) is 0 Å². The third kappa shape index (κ3) is 6.68. The van der Waals surface area contributed by atoms with E-state index in [2.05, 4.69) is 20.9 Å². The molecule has 2 heterocycles. The molecule has 1 aliphatic heterocycles. The van der Waals surface area contributed by atoms with Gasteiger partial charge in [-0.1, -0.05) is 6.07 Å². The van der Waals surface area contributed by atoms with Gasteiger partial charge in [0.1, 0.15) is 6.61 Å². The molecule has 0 unspecified atom stereocenters. The fraction of sp³-hybridized carbons (Fsp3) is 0.200. The summed E-state index contributed by atoms with van der Waals surface area (Å²) in [6.45, 7) is 4.08. The molecule has 0 atom stereocenters. The molecule has 1 aromatic heterocycles. The molecule has 0 saturated carbocycles. The molecule has 4 aromatic carbocycles. The van der Waals surface area contributed by atoms with Gasteiger partial charge in [-0.25, -0.2) is 0 Å². The first-order valence-electron chi connectivity index (χ1n) is 14.8. The van der Waals surface area contributed by atoms with Crippen LogP contribution in [0.3, 0.4) is 0 Å². The van der Waals surface area contributed by atoms with Gasteiger partial charge in [0, 0.05) is 64.2 Å². The lowest BCUT2D eigenvalue weighted by molar-refractivity contribution is 0.101. The van der Waals surface area contributed by atoms with Crippen LogP contribution in [-0.4, -0.2) is 47.5 Å². The monoisotopic (exact) mass is 589 g/mol. The molecule has 9 nitrogen and oxygen atoms in total. The summed E-state index contributed by atoms with van der Waals surface area (Å²) >= 11 is 0. The number of aromatic nitrogens is 1. The van der Waals surface area contributed by atoms with Crippen molar-refractivity contribution in [3.8, 4) is 0 Å². The summed E-state index contributed by atoms with van der Waals surface area (Å²) in [4.78, 5) is 33.5. The maximum atomic E-state index is 12.9. The highest BCUT2D eigenvalue weighted by Gasteiger charge is 2.17. The number of aliphatic hydroxyl groups excluding tert-OH is 1. The molecule has 0 spiro atoms. The van der Waals surface area contributed by atoms with Gasteiger partial charge in [0.2, 0.25) is 0 Å². The zero-order valence-electron chi connectivity index (χ0n) is 24.5. The molecule has 9 heteroatoms. The van der Waals surface area contributed by atoms with Gasteiger partial charge in [-0.3, -0.25) is 9.59 Å². The van der Waals surface area contributed by atoms with Crippen molar-refractivity contribution in [1.82, 2.24) is 4.73 Å². The highest BCUT2D eigenvalue weighted by atomic mass is 16.7. The van der Waals surface area contributed by atoms with Gasteiger partial charge in [0.05, 0.1) is 11.6 Å². The Morgan fingerprint density at radius 2 is 1.30 bits per heavy atom. The Balaban J connectivity index is 1.01. The van der Waals surface area contributed by atoms with Crippen LogP contribution in [0.5, 0.6) is 0 Å². The minimum atomic E-state index is -0.217. The second-order valence-corrected chi connectivity index (χ2v) is 10.8. The molecule has 0 bridgehead atoms. The number of carbonyl (C=O) groups excluding carboxylic acids is 2. The van der Waals surface area contributed by atoms with Crippen molar-refractivity contribution in [3.63, 3.8) is 0 Å². The van der Waals surface area contributed by atoms with Crippen LogP contribution in [0.15, 0.2) is 103 Å². The van der Waals surface area contributed by atoms with E-state index in [1.807, 2.05) is 104 Å². The van der Waals surface area contributed by atoms with Crippen molar-refractivity contribution in [2.24, 2.45) is 0 Å². The average molecular weight is 590 g/mol. The van der Waals surface area contributed by atoms with E-state index in [1.54, 1.807) is 10.8 Å². The number of nitrogens with zero attached hydrogens (tertiary/aromatic N) is 2. The van der Waals surface area contributed by atoms with E-state index in [1.165, 1.54) is 0 Å². The Kier molecular flexibility index (Phi) is 8.47. The van der Waals surface area contributed by atoms with Gasteiger partial charge >= 0.3 is 0 Å². The molecule has 44 heavy (non-hydrogen) atoms. The number of carbonyl (C=O) groups is 2. The van der Waals surface area contributed by atoms with Crippen molar-refractivity contribution >= 4 is 51.2 Å². The number of amides is 2. The van der Waals surface area contributed by atoms with E-state index in [9.17, 15) is 14.7 Å². The maximum absolute atomic E-state index is 12.9. The number of anilines is 5. The van der Waals surface area contributed by atoms with Crippen LogP contribution in [-0.2, 0) is 0 Å². The minimum absolute atomic E-state index is 0.174. The van der Waals surface area contributed by atoms with Gasteiger partial charge in [-0.05, 0) is 111 Å². The Bertz CT molecular complexity index is 1740. The SMILES string of the molecule is CCOn1ccc2ccc(C(=O)Nc3ccc(Nc4ccc(NC(=O)c5ccc(N6CCC(O)CC6)cc5)cc4)cc3)cc21. The third-order valence-corrected chi connectivity index (χ3v) is 7.72. The van der Waals surface area contributed by atoms with Crippen LogP contribution in [0, 0.1) is 0 Å². The molecular weight excluding hydrogens is 554 g/mol. The number of hydrogen-bond donors (Lipinski definition) is 4. The minimum Gasteiger partial charge on any atom is -0.414 e. The lowest BCUT2D eigenvalue weighted by Crippen LogP contribution is -2.35. The predicted octanol–water partition coefficient (Wildman–Crippen LogP) is 6.30. The molecule has 4 N–H and O–H groups in total. The van der Waals surface area contributed by atoms with E-state index in [0.29, 0.717) is 29.1 Å². The Morgan fingerprint density at radius 1 is 0.750 bits per heavy atom. The second kappa shape index (κ2) is 12.9. The van der Waals surface area contributed by atoms with E-state index in [-0.39, 0.29) is 17.9 Å². The fourth-order valence-electron chi connectivity index (χ4n) is 5.29. The third-order valence-electron chi connectivity index (χ3n) is 7.72. The lowest BCUT2D eigenvalue weighted by Gasteiger charge is -2.31. The number of nitrogens with one attached hydrogen (secondary N) is 3. The largest absolute Gasteiger partial charge is 0.414 e. The first-order valence-corrected chi connectivity index (χ1v) is 14.8. The van der Waals surface area contributed by atoms with E-state index in [4.69, 9.17) is 4.84 Å². The summed E-state index contributed by atoms with van der Waals surface area (Å²) < 4.78 is 1.68. The van der Waals surface area contributed by atoms with Gasteiger partial charge < -0.3 is 30.8 Å². The highest BCUT2D eigenvalue weighted by Crippen LogP contribution is 2.24. The van der Waals surface area contributed by atoms with Crippen LogP contribution < -0.4 is 25.7 Å². The van der Waals surface area contributed by atoms with Crippen molar-refractivity contribution in [1.29, 1.82) is 0 Å². The molecule has 5 aromatic rings. The Hall–Kier alpha value is -5.28. The standard InChI is InChI=1S/C35H35N5O4/c1-2-44-40-22-17-24-3-4-26(23-33(24)40)35(43)38-30-13-9-28(10-14-30)36-27-7-11-29(12-8-27)37-34(42)25-5-15-31(16-6-25)39-20-18-32(41)19-21-39/h3-17,22-23,32,36,41H,2,18-21H2,1H3,(H,37,42)(H,38,43). The summed E-state index contributed by atoms with van der Waals surface area (Å²) in [6.07, 6.45) is 3.15. The fourth-order valence-corrected chi connectivity index (χ4v) is 5.29. The van der Waals surface area contributed by atoms with E-state index >= 15 is 0 Å². The maximum Gasteiger partial charge on any atom is 0.255 e. The number of hydrogen-bond acceptors (Lipinski definition) is 6. The molecule has 2 amide bonds. The van der Waals surface area contributed by atoms with Gasteiger partial charge in [0.15, 0.2) is 0 Å². The molecular formula is C35H35N5O4. The first-order chi connectivity index (χ1) is 21.4. The first kappa shape index (κ1) is 28.8. The Labute approximate surface area is 256 Å². The number of piperidine rings is 1. The molecule has 0 radical (unpaired) electrons. The van der Waals surface area contributed by atoms with Crippen LogP contribution in [0.4, 0.5) is 28.4 Å². The van der Waals surface area contributed by atoms with Crippen molar-refractivity contribution in [2.45, 2.75) is 25.9 Å². The van der Waals surface area contributed by atoms with E-state index < -0.39 is 0 Å². The summed E-state index contributed by atoms with van der Waals surface area (Å²) in [5, 5.41) is 20.0. The summed E-state index contributed by atoms with van der Waals surface area (Å²) in [5.41, 5.74) is 6.13. The van der Waals surface area contributed by atoms with Gasteiger partial charge in [0.25, 0.3) is 11.8 Å². The summed E-state index contributed by atoms with van der Waals surface area (Å²) in [7, 11) is 0. The number of rotatable bonds is 9. The average Bonchev–Trinajstić information content (AvgIpc) is 3.45. The smallest absolute Gasteiger partial charge is 0.255 e. The van der Waals surface area contributed by atoms with Crippen LogP contribution >= 0.6 is 0 Å². The van der Waals surface area contributed by atoms with Crippen LogP contribution in [0.25, 0.3) is 10.9 Å². The van der Waals surface area contributed by atoms with Crippen LogP contribution in [0.1, 0.15) is 40.5 Å². The predicted molar refractivity (Wildman–Crippen MR) is 175 cm³/mol. The zero-order chi connectivity index (χ0) is 30.5. The quantitative estimate of drug-likeness (QED) is 0.161. The number of fused-ring (bicyclic) bond motifs is 1.